The van der Waals surface area contributed by atoms with Crippen molar-refractivity contribution in [3.63, 3.8) is 0 Å². The van der Waals surface area contributed by atoms with E-state index in [1.54, 1.807) is 26.4 Å². The van der Waals surface area contributed by atoms with Crippen LogP contribution in [0.25, 0.3) is 0 Å². The van der Waals surface area contributed by atoms with Crippen LogP contribution in [0.3, 0.4) is 0 Å². The van der Waals surface area contributed by atoms with Gasteiger partial charge in [-0.3, -0.25) is 4.79 Å². The standard InChI is InChI=1S/C15H22N2O3/c1-4-15(7-8-16-10-15)14(18)17-11-5-6-12(19-2)13(9-11)20-3/h5-6,9,16H,4,7-8,10H2,1-3H3,(H,17,18). The Morgan fingerprint density at radius 3 is 2.65 bits per heavy atom. The van der Waals surface area contributed by atoms with Gasteiger partial charge in [-0.2, -0.15) is 0 Å². The molecule has 5 nitrogen and oxygen atoms in total. The van der Waals surface area contributed by atoms with Gasteiger partial charge in [0.05, 0.1) is 19.6 Å². The molecule has 1 aliphatic heterocycles. The van der Waals surface area contributed by atoms with Gasteiger partial charge >= 0.3 is 0 Å². The van der Waals surface area contributed by atoms with Crippen LogP contribution in [0, 0.1) is 5.41 Å². The van der Waals surface area contributed by atoms with Gasteiger partial charge in [-0.1, -0.05) is 6.92 Å². The summed E-state index contributed by atoms with van der Waals surface area (Å²) in [5, 5.41) is 6.25. The SMILES string of the molecule is CCC1(C(=O)Nc2ccc(OC)c(OC)c2)CCNC1. The first-order chi connectivity index (χ1) is 9.65. The molecule has 2 N–H and O–H groups in total. The number of benzene rings is 1. The second-order valence-electron chi connectivity index (χ2n) is 5.08. The van der Waals surface area contributed by atoms with Gasteiger partial charge in [0, 0.05) is 18.3 Å². The van der Waals surface area contributed by atoms with Crippen LogP contribution >= 0.6 is 0 Å². The molecule has 110 valence electrons. The normalized spacial score (nSPS) is 21.6. The highest BCUT2D eigenvalue weighted by molar-refractivity contribution is 5.96. The number of hydrogen-bond acceptors (Lipinski definition) is 4. The third kappa shape index (κ3) is 2.72. The fourth-order valence-electron chi connectivity index (χ4n) is 2.58. The highest BCUT2D eigenvalue weighted by Gasteiger charge is 2.39. The largest absolute Gasteiger partial charge is 0.493 e. The zero-order valence-electron chi connectivity index (χ0n) is 12.3. The highest BCUT2D eigenvalue weighted by Crippen LogP contribution is 2.33. The molecule has 2 rings (SSSR count). The lowest BCUT2D eigenvalue weighted by molar-refractivity contribution is -0.124. The molecule has 0 saturated carbocycles. The Morgan fingerprint density at radius 2 is 2.10 bits per heavy atom. The number of rotatable bonds is 5. The van der Waals surface area contributed by atoms with Gasteiger partial charge in [0.25, 0.3) is 0 Å². The lowest BCUT2D eigenvalue weighted by Gasteiger charge is -2.25. The molecule has 20 heavy (non-hydrogen) atoms. The third-order valence-corrected chi connectivity index (χ3v) is 4.04. The minimum Gasteiger partial charge on any atom is -0.493 e. The number of carbonyl (C=O) groups is 1. The monoisotopic (exact) mass is 278 g/mol. The van der Waals surface area contributed by atoms with Crippen LogP contribution < -0.4 is 20.1 Å². The van der Waals surface area contributed by atoms with Crippen molar-refractivity contribution in [2.45, 2.75) is 19.8 Å². The van der Waals surface area contributed by atoms with E-state index in [0.29, 0.717) is 11.5 Å². The molecule has 0 aliphatic carbocycles. The van der Waals surface area contributed by atoms with Gasteiger partial charge in [-0.25, -0.2) is 0 Å². The number of amides is 1. The van der Waals surface area contributed by atoms with E-state index in [4.69, 9.17) is 9.47 Å². The van der Waals surface area contributed by atoms with Crippen LogP contribution in [0.4, 0.5) is 5.69 Å². The first kappa shape index (κ1) is 14.7. The van der Waals surface area contributed by atoms with Gasteiger partial charge in [-0.15, -0.1) is 0 Å². The van der Waals surface area contributed by atoms with Crippen LogP contribution in [0.15, 0.2) is 18.2 Å². The summed E-state index contributed by atoms with van der Waals surface area (Å²) < 4.78 is 10.4. The van der Waals surface area contributed by atoms with Crippen molar-refractivity contribution in [3.8, 4) is 11.5 Å². The molecule has 5 heteroatoms. The number of nitrogens with one attached hydrogen (secondary N) is 2. The van der Waals surface area contributed by atoms with Crippen LogP contribution in [0.1, 0.15) is 19.8 Å². The molecule has 1 fully saturated rings. The summed E-state index contributed by atoms with van der Waals surface area (Å²) in [6.07, 6.45) is 1.71. The van der Waals surface area contributed by atoms with E-state index in [-0.39, 0.29) is 11.3 Å². The molecule has 1 atom stereocenters. The fraction of sp³-hybridized carbons (Fsp3) is 0.533. The first-order valence-electron chi connectivity index (χ1n) is 6.89. The molecule has 0 aromatic heterocycles. The Morgan fingerprint density at radius 1 is 1.35 bits per heavy atom. The summed E-state index contributed by atoms with van der Waals surface area (Å²) in [6, 6.07) is 5.40. The topological polar surface area (TPSA) is 59.6 Å². The Balaban J connectivity index is 2.15. The molecular weight excluding hydrogens is 256 g/mol. The Hall–Kier alpha value is -1.75. The summed E-state index contributed by atoms with van der Waals surface area (Å²) in [6.45, 7) is 3.69. The van der Waals surface area contributed by atoms with E-state index in [1.165, 1.54) is 0 Å². The molecule has 1 aromatic rings. The van der Waals surface area contributed by atoms with Crippen LogP contribution in [0.5, 0.6) is 11.5 Å². The summed E-state index contributed by atoms with van der Waals surface area (Å²) in [5.74, 6) is 1.33. The smallest absolute Gasteiger partial charge is 0.231 e. The number of ether oxygens (including phenoxy) is 2. The second-order valence-corrected chi connectivity index (χ2v) is 5.08. The molecule has 1 heterocycles. The predicted octanol–water partition coefficient (Wildman–Crippen LogP) is 2.03. The zero-order valence-corrected chi connectivity index (χ0v) is 12.3. The van der Waals surface area contributed by atoms with Crippen molar-refractivity contribution in [1.82, 2.24) is 5.32 Å². The third-order valence-electron chi connectivity index (χ3n) is 4.04. The van der Waals surface area contributed by atoms with Crippen molar-refractivity contribution >= 4 is 11.6 Å². The molecule has 1 amide bonds. The van der Waals surface area contributed by atoms with Gasteiger partial charge in [0.2, 0.25) is 5.91 Å². The van der Waals surface area contributed by atoms with Crippen molar-refractivity contribution in [2.75, 3.05) is 32.6 Å². The van der Waals surface area contributed by atoms with Crippen molar-refractivity contribution in [3.05, 3.63) is 18.2 Å². The van der Waals surface area contributed by atoms with Gasteiger partial charge < -0.3 is 20.1 Å². The van der Waals surface area contributed by atoms with Gasteiger partial charge in [0.15, 0.2) is 11.5 Å². The number of anilines is 1. The van der Waals surface area contributed by atoms with Crippen molar-refractivity contribution in [1.29, 1.82) is 0 Å². The molecule has 0 radical (unpaired) electrons. The van der Waals surface area contributed by atoms with Crippen LogP contribution in [-0.2, 0) is 4.79 Å². The Kier molecular flexibility index (Phi) is 4.49. The van der Waals surface area contributed by atoms with E-state index in [9.17, 15) is 4.79 Å². The van der Waals surface area contributed by atoms with E-state index in [1.807, 2.05) is 6.07 Å². The molecule has 0 spiro atoms. The van der Waals surface area contributed by atoms with Gasteiger partial charge in [0.1, 0.15) is 0 Å². The molecule has 0 bridgehead atoms. The van der Waals surface area contributed by atoms with E-state index >= 15 is 0 Å². The molecule has 1 unspecified atom stereocenters. The van der Waals surface area contributed by atoms with Crippen molar-refractivity contribution in [2.24, 2.45) is 5.41 Å². The summed E-state index contributed by atoms with van der Waals surface area (Å²) in [5.41, 5.74) is 0.431. The van der Waals surface area contributed by atoms with Gasteiger partial charge in [-0.05, 0) is 31.5 Å². The minimum atomic E-state index is -0.298. The lowest BCUT2D eigenvalue weighted by Crippen LogP contribution is -2.37. The maximum absolute atomic E-state index is 12.5. The van der Waals surface area contributed by atoms with Crippen molar-refractivity contribution < 1.29 is 14.3 Å². The molecule has 1 saturated heterocycles. The molecule has 1 aliphatic rings. The summed E-state index contributed by atoms with van der Waals surface area (Å²) in [4.78, 5) is 12.5. The summed E-state index contributed by atoms with van der Waals surface area (Å²) in [7, 11) is 3.17. The maximum Gasteiger partial charge on any atom is 0.231 e. The molecule has 1 aromatic carbocycles. The fourth-order valence-corrected chi connectivity index (χ4v) is 2.58. The lowest BCUT2D eigenvalue weighted by atomic mass is 9.83. The summed E-state index contributed by atoms with van der Waals surface area (Å²) >= 11 is 0. The minimum absolute atomic E-state index is 0.0669. The second kappa shape index (κ2) is 6.13. The van der Waals surface area contributed by atoms with E-state index < -0.39 is 0 Å². The average molecular weight is 278 g/mol. The number of methoxy groups -OCH3 is 2. The quantitative estimate of drug-likeness (QED) is 0.865. The number of hydrogen-bond donors (Lipinski definition) is 2. The number of carbonyl (C=O) groups excluding carboxylic acids is 1. The first-order valence-corrected chi connectivity index (χ1v) is 6.89. The zero-order chi connectivity index (χ0) is 14.6. The highest BCUT2D eigenvalue weighted by atomic mass is 16.5. The Bertz CT molecular complexity index is 482. The van der Waals surface area contributed by atoms with E-state index in [2.05, 4.69) is 17.6 Å². The predicted molar refractivity (Wildman–Crippen MR) is 78.4 cm³/mol. The van der Waals surface area contributed by atoms with E-state index in [0.717, 1.165) is 31.6 Å². The van der Waals surface area contributed by atoms with Crippen LogP contribution in [0.2, 0.25) is 0 Å². The Labute approximate surface area is 119 Å². The van der Waals surface area contributed by atoms with Crippen LogP contribution in [-0.4, -0.2) is 33.2 Å². The molecular formula is C15H22N2O3. The maximum atomic E-state index is 12.5. The average Bonchev–Trinajstić information content (AvgIpc) is 2.97.